The van der Waals surface area contributed by atoms with E-state index in [1.807, 2.05) is 4.90 Å². The monoisotopic (exact) mass is 237 g/mol. The second-order valence-corrected chi connectivity index (χ2v) is 4.77. The molecule has 0 aromatic rings. The van der Waals surface area contributed by atoms with Crippen LogP contribution in [0.4, 0.5) is 0 Å². The van der Waals surface area contributed by atoms with Gasteiger partial charge in [-0.3, -0.25) is 9.59 Å². The summed E-state index contributed by atoms with van der Waals surface area (Å²) in [6.45, 7) is 1.23. The zero-order chi connectivity index (χ0) is 12.3. The molecule has 1 fully saturated rings. The zero-order valence-electron chi connectivity index (χ0n) is 10.2. The Kier molecular flexibility index (Phi) is 3.82. The first-order valence-electron chi connectivity index (χ1n) is 6.24. The van der Waals surface area contributed by atoms with Gasteiger partial charge in [0, 0.05) is 19.0 Å². The SMILES string of the molecule is COC(=O)C1CCN(C(=O)C2CC=CCC2)C1. The summed E-state index contributed by atoms with van der Waals surface area (Å²) in [5, 5.41) is 0. The lowest BCUT2D eigenvalue weighted by atomic mass is 9.93. The van der Waals surface area contributed by atoms with Gasteiger partial charge < -0.3 is 9.64 Å². The van der Waals surface area contributed by atoms with E-state index in [1.54, 1.807) is 0 Å². The lowest BCUT2D eigenvalue weighted by Crippen LogP contribution is -2.35. The Morgan fingerprint density at radius 2 is 2.06 bits per heavy atom. The maximum atomic E-state index is 12.2. The van der Waals surface area contributed by atoms with Crippen LogP contribution in [-0.4, -0.2) is 37.0 Å². The molecule has 0 bridgehead atoms. The van der Waals surface area contributed by atoms with Gasteiger partial charge in [-0.2, -0.15) is 0 Å². The van der Waals surface area contributed by atoms with E-state index in [2.05, 4.69) is 12.2 Å². The smallest absolute Gasteiger partial charge is 0.310 e. The third-order valence-corrected chi connectivity index (χ3v) is 3.65. The molecule has 2 aliphatic rings. The summed E-state index contributed by atoms with van der Waals surface area (Å²) in [5.41, 5.74) is 0. The van der Waals surface area contributed by atoms with Crippen molar-refractivity contribution in [2.45, 2.75) is 25.7 Å². The molecule has 0 radical (unpaired) electrons. The summed E-state index contributed by atoms with van der Waals surface area (Å²) in [6, 6.07) is 0. The third-order valence-electron chi connectivity index (χ3n) is 3.65. The molecule has 0 spiro atoms. The highest BCUT2D eigenvalue weighted by atomic mass is 16.5. The van der Waals surface area contributed by atoms with Gasteiger partial charge in [-0.15, -0.1) is 0 Å². The molecule has 0 N–H and O–H groups in total. The number of nitrogens with zero attached hydrogens (tertiary/aromatic N) is 1. The van der Waals surface area contributed by atoms with Crippen LogP contribution in [0.2, 0.25) is 0 Å². The standard InChI is InChI=1S/C13H19NO3/c1-17-13(16)11-7-8-14(9-11)12(15)10-5-3-2-4-6-10/h2-3,10-11H,4-9H2,1H3. The van der Waals surface area contributed by atoms with Crippen LogP contribution in [0.1, 0.15) is 25.7 Å². The quantitative estimate of drug-likeness (QED) is 0.538. The van der Waals surface area contributed by atoms with Crippen molar-refractivity contribution in [2.24, 2.45) is 11.8 Å². The Morgan fingerprint density at radius 3 is 2.71 bits per heavy atom. The van der Waals surface area contributed by atoms with Gasteiger partial charge in [-0.05, 0) is 25.7 Å². The maximum Gasteiger partial charge on any atom is 0.310 e. The Bertz CT molecular complexity index is 338. The first kappa shape index (κ1) is 12.1. The van der Waals surface area contributed by atoms with Gasteiger partial charge >= 0.3 is 5.97 Å². The molecule has 0 saturated carbocycles. The predicted octanol–water partition coefficient (Wildman–Crippen LogP) is 1.36. The molecule has 0 aromatic carbocycles. The number of carbonyl (C=O) groups excluding carboxylic acids is 2. The van der Waals surface area contributed by atoms with E-state index in [9.17, 15) is 9.59 Å². The minimum atomic E-state index is -0.191. The number of carbonyl (C=O) groups is 2. The molecule has 94 valence electrons. The Balaban J connectivity index is 1.89. The highest BCUT2D eigenvalue weighted by Crippen LogP contribution is 2.25. The molecule has 1 aliphatic heterocycles. The lowest BCUT2D eigenvalue weighted by molar-refractivity contribution is -0.145. The van der Waals surface area contributed by atoms with Gasteiger partial charge in [-0.1, -0.05) is 12.2 Å². The number of amides is 1. The number of methoxy groups -OCH3 is 1. The average molecular weight is 237 g/mol. The summed E-state index contributed by atoms with van der Waals surface area (Å²) in [6.07, 6.45) is 7.73. The van der Waals surface area contributed by atoms with Crippen molar-refractivity contribution in [1.29, 1.82) is 0 Å². The first-order chi connectivity index (χ1) is 8.22. The van der Waals surface area contributed by atoms with E-state index >= 15 is 0 Å². The lowest BCUT2D eigenvalue weighted by Gasteiger charge is -2.24. The van der Waals surface area contributed by atoms with Crippen LogP contribution in [0.3, 0.4) is 0 Å². The van der Waals surface area contributed by atoms with E-state index in [1.165, 1.54) is 7.11 Å². The Hall–Kier alpha value is -1.32. The largest absolute Gasteiger partial charge is 0.469 e. The molecule has 1 heterocycles. The van der Waals surface area contributed by atoms with Crippen LogP contribution >= 0.6 is 0 Å². The molecule has 4 nitrogen and oxygen atoms in total. The second-order valence-electron chi connectivity index (χ2n) is 4.77. The molecule has 4 heteroatoms. The normalized spacial score (nSPS) is 28.2. The van der Waals surface area contributed by atoms with Crippen LogP contribution < -0.4 is 0 Å². The maximum absolute atomic E-state index is 12.2. The predicted molar refractivity (Wildman–Crippen MR) is 63.2 cm³/mol. The zero-order valence-corrected chi connectivity index (χ0v) is 10.2. The number of allylic oxidation sites excluding steroid dienone is 2. The van der Waals surface area contributed by atoms with Crippen LogP contribution in [0.5, 0.6) is 0 Å². The molecule has 2 rings (SSSR count). The minimum Gasteiger partial charge on any atom is -0.469 e. The number of esters is 1. The summed E-state index contributed by atoms with van der Waals surface area (Å²) in [5.74, 6) is 0.0177. The fourth-order valence-electron chi connectivity index (χ4n) is 2.60. The summed E-state index contributed by atoms with van der Waals surface area (Å²) in [7, 11) is 1.40. The van der Waals surface area contributed by atoms with Crippen molar-refractivity contribution >= 4 is 11.9 Å². The summed E-state index contributed by atoms with van der Waals surface area (Å²) < 4.78 is 4.72. The van der Waals surface area contributed by atoms with Crippen LogP contribution in [-0.2, 0) is 14.3 Å². The molecular formula is C13H19NO3. The first-order valence-corrected chi connectivity index (χ1v) is 6.24. The molecule has 1 amide bonds. The minimum absolute atomic E-state index is 0.122. The van der Waals surface area contributed by atoms with E-state index < -0.39 is 0 Å². The molecular weight excluding hydrogens is 218 g/mol. The molecule has 17 heavy (non-hydrogen) atoms. The van der Waals surface area contributed by atoms with E-state index in [0.29, 0.717) is 13.1 Å². The topological polar surface area (TPSA) is 46.6 Å². The Labute approximate surface area is 102 Å². The van der Waals surface area contributed by atoms with E-state index in [-0.39, 0.29) is 23.7 Å². The highest BCUT2D eigenvalue weighted by molar-refractivity contribution is 5.81. The van der Waals surface area contributed by atoms with E-state index in [4.69, 9.17) is 4.74 Å². The van der Waals surface area contributed by atoms with Gasteiger partial charge in [-0.25, -0.2) is 0 Å². The number of hydrogen-bond acceptors (Lipinski definition) is 3. The number of rotatable bonds is 2. The van der Waals surface area contributed by atoms with Crippen molar-refractivity contribution in [3.63, 3.8) is 0 Å². The van der Waals surface area contributed by atoms with Crippen molar-refractivity contribution in [1.82, 2.24) is 4.90 Å². The van der Waals surface area contributed by atoms with Crippen LogP contribution in [0.15, 0.2) is 12.2 Å². The molecule has 2 unspecified atom stereocenters. The van der Waals surface area contributed by atoms with Crippen molar-refractivity contribution in [3.8, 4) is 0 Å². The highest BCUT2D eigenvalue weighted by Gasteiger charge is 2.34. The number of ether oxygens (including phenoxy) is 1. The second kappa shape index (κ2) is 5.34. The van der Waals surface area contributed by atoms with Crippen LogP contribution in [0, 0.1) is 11.8 Å². The number of hydrogen-bond donors (Lipinski definition) is 0. The molecule has 1 aliphatic carbocycles. The third kappa shape index (κ3) is 2.68. The Morgan fingerprint density at radius 1 is 1.24 bits per heavy atom. The van der Waals surface area contributed by atoms with E-state index in [0.717, 1.165) is 25.7 Å². The fraction of sp³-hybridized carbons (Fsp3) is 0.692. The van der Waals surface area contributed by atoms with Crippen molar-refractivity contribution in [3.05, 3.63) is 12.2 Å². The summed E-state index contributed by atoms with van der Waals surface area (Å²) >= 11 is 0. The molecule has 0 aromatic heterocycles. The van der Waals surface area contributed by atoms with Gasteiger partial charge in [0.05, 0.1) is 13.0 Å². The van der Waals surface area contributed by atoms with Gasteiger partial charge in [0.15, 0.2) is 0 Å². The van der Waals surface area contributed by atoms with Gasteiger partial charge in [0.25, 0.3) is 0 Å². The fourth-order valence-corrected chi connectivity index (χ4v) is 2.60. The number of likely N-dealkylation sites (tertiary alicyclic amines) is 1. The molecule has 1 saturated heterocycles. The van der Waals surface area contributed by atoms with Gasteiger partial charge in [0.2, 0.25) is 5.91 Å². The molecule has 2 atom stereocenters. The summed E-state index contributed by atoms with van der Waals surface area (Å²) in [4.78, 5) is 25.4. The van der Waals surface area contributed by atoms with Crippen molar-refractivity contribution in [2.75, 3.05) is 20.2 Å². The van der Waals surface area contributed by atoms with Gasteiger partial charge in [0.1, 0.15) is 0 Å². The van der Waals surface area contributed by atoms with Crippen LogP contribution in [0.25, 0.3) is 0 Å². The average Bonchev–Trinajstić information content (AvgIpc) is 2.87. The van der Waals surface area contributed by atoms with Crippen molar-refractivity contribution < 1.29 is 14.3 Å².